The number of carbonyl (C=O) groups excluding carboxylic acids is 1. The molecule has 0 unspecified atom stereocenters. The first-order valence-corrected chi connectivity index (χ1v) is 5.61. The van der Waals surface area contributed by atoms with Crippen LogP contribution in [-0.4, -0.2) is 11.2 Å². The lowest BCUT2D eigenvalue weighted by molar-refractivity contribution is -0.117. The number of carbonyl (C=O) groups is 1. The van der Waals surface area contributed by atoms with Gasteiger partial charge in [0.2, 0.25) is 5.91 Å². The molecule has 0 aliphatic carbocycles. The van der Waals surface area contributed by atoms with E-state index in [4.69, 9.17) is 5.73 Å². The highest BCUT2D eigenvalue weighted by Crippen LogP contribution is 2.19. The largest absolute Gasteiger partial charge is 0.369 e. The zero-order valence-corrected chi connectivity index (χ0v) is 9.30. The molecule has 14 heavy (non-hydrogen) atoms. The lowest BCUT2D eigenvalue weighted by Gasteiger charge is -2.08. The highest BCUT2D eigenvalue weighted by atomic mass is 32.2. The van der Waals surface area contributed by atoms with Crippen molar-refractivity contribution in [3.05, 3.63) is 35.4 Å². The SMILES string of the molecule is Cc1ccccc1CS[C@H](C)C(N)=O. The monoisotopic (exact) mass is 209 g/mol. The zero-order chi connectivity index (χ0) is 10.6. The Balaban J connectivity index is 2.54. The number of amides is 1. The molecule has 1 atom stereocenters. The van der Waals surface area contributed by atoms with E-state index >= 15 is 0 Å². The molecule has 0 saturated carbocycles. The van der Waals surface area contributed by atoms with Crippen molar-refractivity contribution in [1.82, 2.24) is 0 Å². The molecule has 2 nitrogen and oxygen atoms in total. The Morgan fingerprint density at radius 3 is 2.71 bits per heavy atom. The fraction of sp³-hybridized carbons (Fsp3) is 0.364. The smallest absolute Gasteiger partial charge is 0.230 e. The summed E-state index contributed by atoms with van der Waals surface area (Å²) in [6, 6.07) is 8.18. The van der Waals surface area contributed by atoms with Crippen LogP contribution in [0.2, 0.25) is 0 Å². The highest BCUT2D eigenvalue weighted by Gasteiger charge is 2.09. The topological polar surface area (TPSA) is 43.1 Å². The molecule has 1 aromatic rings. The van der Waals surface area contributed by atoms with Crippen LogP contribution in [0.5, 0.6) is 0 Å². The van der Waals surface area contributed by atoms with Crippen LogP contribution in [0.3, 0.4) is 0 Å². The van der Waals surface area contributed by atoms with Crippen LogP contribution in [0.25, 0.3) is 0 Å². The van der Waals surface area contributed by atoms with Gasteiger partial charge in [0.1, 0.15) is 0 Å². The van der Waals surface area contributed by atoms with E-state index in [9.17, 15) is 4.79 Å². The minimum absolute atomic E-state index is 0.116. The van der Waals surface area contributed by atoms with Crippen molar-refractivity contribution < 1.29 is 4.79 Å². The van der Waals surface area contributed by atoms with E-state index in [-0.39, 0.29) is 11.2 Å². The van der Waals surface area contributed by atoms with Crippen molar-refractivity contribution in [1.29, 1.82) is 0 Å². The Hall–Kier alpha value is -0.960. The van der Waals surface area contributed by atoms with Gasteiger partial charge < -0.3 is 5.73 Å². The summed E-state index contributed by atoms with van der Waals surface area (Å²) in [7, 11) is 0. The van der Waals surface area contributed by atoms with Gasteiger partial charge >= 0.3 is 0 Å². The number of thioether (sulfide) groups is 1. The van der Waals surface area contributed by atoms with Gasteiger partial charge in [0.15, 0.2) is 0 Å². The summed E-state index contributed by atoms with van der Waals surface area (Å²) < 4.78 is 0. The normalized spacial score (nSPS) is 12.4. The van der Waals surface area contributed by atoms with Gasteiger partial charge in [-0.15, -0.1) is 11.8 Å². The lowest BCUT2D eigenvalue weighted by atomic mass is 10.1. The van der Waals surface area contributed by atoms with Crippen molar-refractivity contribution in [2.45, 2.75) is 24.9 Å². The van der Waals surface area contributed by atoms with Gasteiger partial charge in [0.05, 0.1) is 5.25 Å². The van der Waals surface area contributed by atoms with Gasteiger partial charge in [0, 0.05) is 5.75 Å². The highest BCUT2D eigenvalue weighted by molar-refractivity contribution is 7.99. The quantitative estimate of drug-likeness (QED) is 0.825. The number of benzene rings is 1. The van der Waals surface area contributed by atoms with E-state index in [0.29, 0.717) is 0 Å². The molecule has 0 spiro atoms. The molecule has 0 fully saturated rings. The van der Waals surface area contributed by atoms with Gasteiger partial charge in [-0.2, -0.15) is 0 Å². The number of hydrogen-bond donors (Lipinski definition) is 1. The molecule has 0 radical (unpaired) electrons. The summed E-state index contributed by atoms with van der Waals surface area (Å²) in [5.41, 5.74) is 7.71. The van der Waals surface area contributed by atoms with Crippen LogP contribution in [0.4, 0.5) is 0 Å². The summed E-state index contributed by atoms with van der Waals surface area (Å²) >= 11 is 1.58. The Labute approximate surface area is 88.9 Å². The van der Waals surface area contributed by atoms with E-state index in [1.165, 1.54) is 11.1 Å². The molecule has 0 saturated heterocycles. The summed E-state index contributed by atoms with van der Waals surface area (Å²) in [5.74, 6) is 0.597. The molecule has 0 aliphatic heterocycles. The summed E-state index contributed by atoms with van der Waals surface area (Å²) in [6.07, 6.45) is 0. The Morgan fingerprint density at radius 1 is 1.50 bits per heavy atom. The first-order valence-electron chi connectivity index (χ1n) is 4.56. The van der Waals surface area contributed by atoms with Crippen molar-refractivity contribution in [3.63, 3.8) is 0 Å². The van der Waals surface area contributed by atoms with Gasteiger partial charge in [-0.3, -0.25) is 4.79 Å². The number of hydrogen-bond acceptors (Lipinski definition) is 2. The molecule has 0 aliphatic rings. The minimum Gasteiger partial charge on any atom is -0.369 e. The van der Waals surface area contributed by atoms with Crippen LogP contribution in [0, 0.1) is 6.92 Å². The van der Waals surface area contributed by atoms with Crippen molar-refractivity contribution >= 4 is 17.7 Å². The average Bonchev–Trinajstić information content (AvgIpc) is 2.16. The second-order valence-corrected chi connectivity index (χ2v) is 4.61. The van der Waals surface area contributed by atoms with E-state index in [1.807, 2.05) is 19.1 Å². The predicted molar refractivity (Wildman–Crippen MR) is 61.1 cm³/mol. The van der Waals surface area contributed by atoms with Crippen LogP contribution in [0.1, 0.15) is 18.1 Å². The van der Waals surface area contributed by atoms with E-state index in [0.717, 1.165) is 5.75 Å². The molecule has 0 aromatic heterocycles. The van der Waals surface area contributed by atoms with Crippen molar-refractivity contribution in [2.75, 3.05) is 0 Å². The summed E-state index contributed by atoms with van der Waals surface area (Å²) in [5, 5.41) is -0.116. The van der Waals surface area contributed by atoms with Gasteiger partial charge in [0.25, 0.3) is 0 Å². The van der Waals surface area contributed by atoms with Crippen LogP contribution < -0.4 is 5.73 Å². The molecule has 1 rings (SSSR count). The molecule has 0 heterocycles. The van der Waals surface area contributed by atoms with Gasteiger partial charge in [-0.25, -0.2) is 0 Å². The number of primary amides is 1. The molecular weight excluding hydrogens is 194 g/mol. The molecule has 1 aromatic carbocycles. The molecule has 76 valence electrons. The Kier molecular flexibility index (Phi) is 4.01. The third kappa shape index (κ3) is 3.07. The number of rotatable bonds is 4. The molecule has 1 amide bonds. The number of nitrogens with two attached hydrogens (primary N) is 1. The van der Waals surface area contributed by atoms with E-state index in [1.54, 1.807) is 11.8 Å². The molecular formula is C11H15NOS. The second kappa shape index (κ2) is 5.05. The lowest BCUT2D eigenvalue weighted by Crippen LogP contribution is -2.22. The average molecular weight is 209 g/mol. The standard InChI is InChI=1S/C11H15NOS/c1-8-5-3-4-6-10(8)7-14-9(2)11(12)13/h3-6,9H,7H2,1-2H3,(H2,12,13)/t9-/m1/s1. The van der Waals surface area contributed by atoms with Crippen LogP contribution in [0.15, 0.2) is 24.3 Å². The van der Waals surface area contributed by atoms with Crippen LogP contribution in [-0.2, 0) is 10.5 Å². The van der Waals surface area contributed by atoms with Gasteiger partial charge in [-0.1, -0.05) is 24.3 Å². The second-order valence-electron chi connectivity index (χ2n) is 3.28. The van der Waals surface area contributed by atoms with Crippen molar-refractivity contribution in [3.8, 4) is 0 Å². The molecule has 2 N–H and O–H groups in total. The maximum absolute atomic E-state index is 10.8. The van der Waals surface area contributed by atoms with E-state index in [2.05, 4.69) is 19.1 Å². The third-order valence-corrected chi connectivity index (χ3v) is 3.36. The summed E-state index contributed by atoms with van der Waals surface area (Å²) in [6.45, 7) is 3.91. The fourth-order valence-corrected chi connectivity index (χ4v) is 1.99. The zero-order valence-electron chi connectivity index (χ0n) is 8.49. The summed E-state index contributed by atoms with van der Waals surface area (Å²) in [4.78, 5) is 10.8. The van der Waals surface area contributed by atoms with Crippen LogP contribution >= 0.6 is 11.8 Å². The fourth-order valence-electron chi connectivity index (χ4n) is 1.07. The maximum Gasteiger partial charge on any atom is 0.230 e. The van der Waals surface area contributed by atoms with E-state index < -0.39 is 0 Å². The molecule has 0 bridgehead atoms. The Morgan fingerprint density at radius 2 is 2.14 bits per heavy atom. The first-order chi connectivity index (χ1) is 6.61. The first kappa shape index (κ1) is 11.1. The maximum atomic E-state index is 10.8. The predicted octanol–water partition coefficient (Wildman–Crippen LogP) is 2.10. The Bertz CT molecular complexity index is 325. The third-order valence-electron chi connectivity index (χ3n) is 2.15. The van der Waals surface area contributed by atoms with Crippen molar-refractivity contribution in [2.24, 2.45) is 5.73 Å². The van der Waals surface area contributed by atoms with Gasteiger partial charge in [-0.05, 0) is 25.0 Å². The number of aryl methyl sites for hydroxylation is 1. The minimum atomic E-state index is -0.247. The molecule has 3 heteroatoms.